The van der Waals surface area contributed by atoms with Gasteiger partial charge in [-0.2, -0.15) is 0 Å². The minimum Gasteiger partial charge on any atom is -0.397 e. The Morgan fingerprint density at radius 2 is 2.31 bits per heavy atom. The molecule has 2 aromatic rings. The summed E-state index contributed by atoms with van der Waals surface area (Å²) in [6.45, 7) is 0.483. The maximum absolute atomic E-state index is 13.3. The summed E-state index contributed by atoms with van der Waals surface area (Å²) in [7, 11) is 0. The molecule has 0 saturated heterocycles. The van der Waals surface area contributed by atoms with E-state index < -0.39 is 0 Å². The lowest BCUT2D eigenvalue weighted by atomic mass is 10.2. The molecule has 2 rings (SSSR count). The first-order valence-corrected chi connectivity index (χ1v) is 5.71. The summed E-state index contributed by atoms with van der Waals surface area (Å²) >= 11 is 1.90. The second-order valence-corrected chi connectivity index (χ2v) is 4.41. The highest BCUT2D eigenvalue weighted by atomic mass is 127. The molecule has 6 heteroatoms. The number of benzene rings is 1. The second-order valence-electron chi connectivity index (χ2n) is 3.24. The van der Waals surface area contributed by atoms with Crippen molar-refractivity contribution in [2.75, 3.05) is 11.1 Å². The fourth-order valence-corrected chi connectivity index (χ4v) is 1.78. The van der Waals surface area contributed by atoms with Gasteiger partial charge in [0.2, 0.25) is 0 Å². The SMILES string of the molecule is Nc1cc(I)c(F)cc1NCc1ncc[nH]1. The first kappa shape index (κ1) is 11.2. The molecular weight excluding hydrogens is 322 g/mol. The maximum Gasteiger partial charge on any atom is 0.138 e. The fraction of sp³-hybridized carbons (Fsp3) is 0.100. The molecule has 0 amide bonds. The van der Waals surface area contributed by atoms with Crippen molar-refractivity contribution in [3.05, 3.63) is 39.7 Å². The van der Waals surface area contributed by atoms with Crippen LogP contribution in [-0.4, -0.2) is 9.97 Å². The Hall–Kier alpha value is -1.31. The van der Waals surface area contributed by atoms with Crippen LogP contribution in [0.1, 0.15) is 5.82 Å². The van der Waals surface area contributed by atoms with Crippen molar-refractivity contribution < 1.29 is 4.39 Å². The summed E-state index contributed by atoms with van der Waals surface area (Å²) in [4.78, 5) is 6.99. The van der Waals surface area contributed by atoms with Crippen molar-refractivity contribution in [2.24, 2.45) is 0 Å². The van der Waals surface area contributed by atoms with Gasteiger partial charge >= 0.3 is 0 Å². The fourth-order valence-electron chi connectivity index (χ4n) is 1.29. The first-order valence-electron chi connectivity index (χ1n) is 4.63. The van der Waals surface area contributed by atoms with E-state index in [1.807, 2.05) is 22.6 Å². The van der Waals surface area contributed by atoms with E-state index in [-0.39, 0.29) is 5.82 Å². The number of nitrogen functional groups attached to an aromatic ring is 1. The zero-order chi connectivity index (χ0) is 11.5. The number of hydrogen-bond acceptors (Lipinski definition) is 3. The highest BCUT2D eigenvalue weighted by Gasteiger charge is 2.05. The van der Waals surface area contributed by atoms with Crippen LogP contribution in [0.2, 0.25) is 0 Å². The van der Waals surface area contributed by atoms with Crippen molar-refractivity contribution in [1.82, 2.24) is 9.97 Å². The molecule has 0 atom stereocenters. The molecule has 84 valence electrons. The van der Waals surface area contributed by atoms with Crippen LogP contribution in [0.4, 0.5) is 15.8 Å². The Morgan fingerprint density at radius 1 is 1.50 bits per heavy atom. The summed E-state index contributed by atoms with van der Waals surface area (Å²) in [6.07, 6.45) is 3.39. The molecule has 0 bridgehead atoms. The van der Waals surface area contributed by atoms with Crippen LogP contribution >= 0.6 is 22.6 Å². The van der Waals surface area contributed by atoms with Gasteiger partial charge in [-0.3, -0.25) is 0 Å². The van der Waals surface area contributed by atoms with Crippen molar-refractivity contribution in [2.45, 2.75) is 6.54 Å². The van der Waals surface area contributed by atoms with Crippen molar-refractivity contribution >= 4 is 34.0 Å². The van der Waals surface area contributed by atoms with Crippen LogP contribution in [-0.2, 0) is 6.54 Å². The summed E-state index contributed by atoms with van der Waals surface area (Å²) in [5.74, 6) is 0.495. The van der Waals surface area contributed by atoms with Crippen molar-refractivity contribution in [3.8, 4) is 0 Å². The third kappa shape index (κ3) is 2.43. The number of aromatic nitrogens is 2. The number of nitrogens with two attached hydrogens (primary N) is 1. The largest absolute Gasteiger partial charge is 0.397 e. The zero-order valence-electron chi connectivity index (χ0n) is 8.30. The van der Waals surface area contributed by atoms with Gasteiger partial charge in [0.15, 0.2) is 0 Å². The standard InChI is InChI=1S/C10H10FIN4/c11-6-3-9(8(13)4-7(6)12)16-5-10-14-1-2-15-10/h1-4,16H,5,13H2,(H,14,15). The van der Waals surface area contributed by atoms with E-state index in [1.54, 1.807) is 18.5 Å². The van der Waals surface area contributed by atoms with E-state index in [9.17, 15) is 4.39 Å². The molecule has 4 N–H and O–H groups in total. The van der Waals surface area contributed by atoms with Gasteiger partial charge in [-0.15, -0.1) is 0 Å². The van der Waals surface area contributed by atoms with E-state index in [4.69, 9.17) is 5.73 Å². The van der Waals surface area contributed by atoms with Crippen molar-refractivity contribution in [1.29, 1.82) is 0 Å². The lowest BCUT2D eigenvalue weighted by Crippen LogP contribution is -2.04. The molecule has 0 aliphatic carbocycles. The Morgan fingerprint density at radius 3 is 3.00 bits per heavy atom. The van der Waals surface area contributed by atoms with E-state index in [0.29, 0.717) is 21.5 Å². The molecule has 0 aliphatic rings. The predicted octanol–water partition coefficient (Wildman–Crippen LogP) is 2.35. The summed E-state index contributed by atoms with van der Waals surface area (Å²) in [6, 6.07) is 2.99. The quantitative estimate of drug-likeness (QED) is 0.597. The lowest BCUT2D eigenvalue weighted by molar-refractivity contribution is 0.621. The summed E-state index contributed by atoms with van der Waals surface area (Å²) in [5, 5.41) is 3.02. The van der Waals surface area contributed by atoms with Crippen LogP contribution in [0.15, 0.2) is 24.5 Å². The van der Waals surface area contributed by atoms with E-state index in [1.165, 1.54) is 6.07 Å². The number of aromatic amines is 1. The first-order chi connectivity index (χ1) is 7.66. The number of H-pyrrole nitrogens is 1. The second kappa shape index (κ2) is 4.69. The number of imidazole rings is 1. The highest BCUT2D eigenvalue weighted by Crippen LogP contribution is 2.24. The van der Waals surface area contributed by atoms with Gasteiger partial charge < -0.3 is 16.0 Å². The maximum atomic E-state index is 13.3. The minimum atomic E-state index is -0.281. The molecule has 0 aliphatic heterocycles. The van der Waals surface area contributed by atoms with Crippen LogP contribution in [0, 0.1) is 9.39 Å². The summed E-state index contributed by atoms with van der Waals surface area (Å²) in [5.41, 5.74) is 6.87. The monoisotopic (exact) mass is 332 g/mol. The number of anilines is 2. The highest BCUT2D eigenvalue weighted by molar-refractivity contribution is 14.1. The van der Waals surface area contributed by atoms with Gasteiger partial charge in [-0.05, 0) is 28.7 Å². The molecule has 0 spiro atoms. The van der Waals surface area contributed by atoms with Gasteiger partial charge in [0.1, 0.15) is 11.6 Å². The van der Waals surface area contributed by atoms with Crippen LogP contribution in [0.25, 0.3) is 0 Å². The molecule has 1 aromatic heterocycles. The lowest BCUT2D eigenvalue weighted by Gasteiger charge is -2.08. The Balaban J connectivity index is 2.12. The minimum absolute atomic E-state index is 0.281. The number of nitrogens with one attached hydrogen (secondary N) is 2. The number of hydrogen-bond donors (Lipinski definition) is 3. The molecule has 1 aromatic carbocycles. The van der Waals surface area contributed by atoms with Gasteiger partial charge in [-0.1, -0.05) is 0 Å². The third-order valence-corrected chi connectivity index (χ3v) is 2.92. The zero-order valence-corrected chi connectivity index (χ0v) is 10.5. The Labute approximate surface area is 106 Å². The van der Waals surface area contributed by atoms with Gasteiger partial charge in [0.05, 0.1) is 21.5 Å². The normalized spacial score (nSPS) is 10.4. The van der Waals surface area contributed by atoms with Crippen LogP contribution in [0.3, 0.4) is 0 Å². The number of halogens is 2. The smallest absolute Gasteiger partial charge is 0.138 e. The Bertz CT molecular complexity index is 484. The summed E-state index contributed by atoms with van der Waals surface area (Å²) < 4.78 is 13.8. The molecule has 0 unspecified atom stereocenters. The average Bonchev–Trinajstić information content (AvgIpc) is 2.74. The van der Waals surface area contributed by atoms with E-state index in [2.05, 4.69) is 15.3 Å². The molecule has 0 saturated carbocycles. The predicted molar refractivity (Wildman–Crippen MR) is 69.4 cm³/mol. The Kier molecular flexibility index (Phi) is 3.28. The number of rotatable bonds is 3. The third-order valence-electron chi connectivity index (χ3n) is 2.09. The van der Waals surface area contributed by atoms with Crippen molar-refractivity contribution in [3.63, 3.8) is 0 Å². The molecule has 0 radical (unpaired) electrons. The molecule has 16 heavy (non-hydrogen) atoms. The van der Waals surface area contributed by atoms with Gasteiger partial charge in [-0.25, -0.2) is 9.37 Å². The number of nitrogens with zero attached hydrogens (tertiary/aromatic N) is 1. The van der Waals surface area contributed by atoms with E-state index >= 15 is 0 Å². The molecule has 4 nitrogen and oxygen atoms in total. The van der Waals surface area contributed by atoms with E-state index in [0.717, 1.165) is 5.82 Å². The molecule has 1 heterocycles. The van der Waals surface area contributed by atoms with Crippen LogP contribution in [0.5, 0.6) is 0 Å². The topological polar surface area (TPSA) is 66.7 Å². The van der Waals surface area contributed by atoms with Crippen LogP contribution < -0.4 is 11.1 Å². The molecule has 0 fully saturated rings. The molecular formula is C10H10FIN4. The van der Waals surface area contributed by atoms with Gasteiger partial charge in [0.25, 0.3) is 0 Å². The average molecular weight is 332 g/mol. The van der Waals surface area contributed by atoms with Gasteiger partial charge in [0, 0.05) is 18.5 Å².